The fourth-order valence-electron chi connectivity index (χ4n) is 1.70. The van der Waals surface area contributed by atoms with Gasteiger partial charge in [-0.1, -0.05) is 5.16 Å². The Morgan fingerprint density at radius 1 is 1.60 bits per heavy atom. The molecule has 0 spiro atoms. The number of hydrogen-bond acceptors (Lipinski definition) is 3. The Balaban J connectivity index is 2.17. The first kappa shape index (κ1) is 5.89. The van der Waals surface area contributed by atoms with E-state index in [4.69, 9.17) is 4.84 Å². The topological polar surface area (TPSA) is 38.7 Å². The highest BCUT2D eigenvalue weighted by Crippen LogP contribution is 2.33. The third-order valence-electron chi connectivity index (χ3n) is 2.25. The maximum Gasteiger partial charge on any atom is 0.168 e. The lowest BCUT2D eigenvalue weighted by atomic mass is 10.0. The van der Waals surface area contributed by atoms with Gasteiger partial charge in [0.2, 0.25) is 0 Å². The maximum atomic E-state index is 10.3. The molecule has 1 aliphatic carbocycles. The molecule has 0 bridgehead atoms. The average Bonchev–Trinajstić information content (AvgIpc) is 2.44. The summed E-state index contributed by atoms with van der Waals surface area (Å²) in [6.07, 6.45) is 4.34. The first-order valence-electron chi connectivity index (χ1n) is 3.60. The Morgan fingerprint density at radius 3 is 3.30 bits per heavy atom. The van der Waals surface area contributed by atoms with Gasteiger partial charge in [0.25, 0.3) is 0 Å². The van der Waals surface area contributed by atoms with Gasteiger partial charge >= 0.3 is 0 Å². The summed E-state index contributed by atoms with van der Waals surface area (Å²) in [7, 11) is 0. The van der Waals surface area contributed by atoms with E-state index in [0.29, 0.717) is 11.6 Å². The lowest BCUT2D eigenvalue weighted by Crippen LogP contribution is -2.17. The molecule has 2 aliphatic rings. The summed E-state index contributed by atoms with van der Waals surface area (Å²) < 4.78 is 0. The zero-order valence-corrected chi connectivity index (χ0v) is 5.62. The van der Waals surface area contributed by atoms with E-state index in [9.17, 15) is 4.79 Å². The Morgan fingerprint density at radius 2 is 2.50 bits per heavy atom. The lowest BCUT2D eigenvalue weighted by molar-refractivity contribution is -0.102. The molecule has 2 atom stereocenters. The first-order valence-corrected chi connectivity index (χ1v) is 3.60. The van der Waals surface area contributed by atoms with Gasteiger partial charge in [0, 0.05) is 5.92 Å². The minimum Gasteiger partial charge on any atom is -0.391 e. The van der Waals surface area contributed by atoms with Crippen LogP contribution in [0.4, 0.5) is 0 Å². The smallest absolute Gasteiger partial charge is 0.168 e. The number of rotatable bonds is 1. The van der Waals surface area contributed by atoms with Gasteiger partial charge < -0.3 is 4.84 Å². The van der Waals surface area contributed by atoms with Crippen molar-refractivity contribution < 1.29 is 9.63 Å². The number of carbonyl (C=O) groups excluding carboxylic acids is 1. The Bertz CT molecular complexity index is 188. The van der Waals surface area contributed by atoms with Gasteiger partial charge in [0.15, 0.2) is 6.29 Å². The molecule has 1 fully saturated rings. The van der Waals surface area contributed by atoms with Crippen molar-refractivity contribution in [3.05, 3.63) is 0 Å². The lowest BCUT2D eigenvalue weighted by Gasteiger charge is -2.03. The average molecular weight is 139 g/mol. The van der Waals surface area contributed by atoms with Crippen molar-refractivity contribution >= 4 is 12.0 Å². The third-order valence-corrected chi connectivity index (χ3v) is 2.25. The maximum absolute atomic E-state index is 10.3. The van der Waals surface area contributed by atoms with Crippen molar-refractivity contribution in [1.29, 1.82) is 0 Å². The van der Waals surface area contributed by atoms with Crippen molar-refractivity contribution in [1.82, 2.24) is 0 Å². The molecule has 1 heterocycles. The van der Waals surface area contributed by atoms with Gasteiger partial charge in [-0.05, 0) is 19.3 Å². The highest BCUT2D eigenvalue weighted by molar-refractivity contribution is 6.29. The predicted octanol–water partition coefficient (Wildman–Crippen LogP) is 0.740. The van der Waals surface area contributed by atoms with Crippen molar-refractivity contribution in [2.24, 2.45) is 11.1 Å². The normalized spacial score (nSPS) is 36.6. The number of oxime groups is 1. The van der Waals surface area contributed by atoms with Crippen LogP contribution in [0, 0.1) is 5.92 Å². The minimum absolute atomic E-state index is 0.222. The monoisotopic (exact) mass is 139 g/mol. The molecule has 2 rings (SSSR count). The number of aldehydes is 1. The Hall–Kier alpha value is -0.860. The van der Waals surface area contributed by atoms with Crippen LogP contribution < -0.4 is 0 Å². The van der Waals surface area contributed by atoms with Crippen LogP contribution in [-0.4, -0.2) is 18.1 Å². The molecule has 0 amide bonds. The van der Waals surface area contributed by atoms with Gasteiger partial charge in [0.1, 0.15) is 11.8 Å². The predicted molar refractivity (Wildman–Crippen MR) is 35.7 cm³/mol. The molecule has 3 nitrogen and oxygen atoms in total. The van der Waals surface area contributed by atoms with E-state index in [-0.39, 0.29) is 6.10 Å². The van der Waals surface area contributed by atoms with E-state index in [1.807, 2.05) is 0 Å². The molecule has 3 heteroatoms. The fourth-order valence-corrected chi connectivity index (χ4v) is 1.70. The van der Waals surface area contributed by atoms with E-state index >= 15 is 0 Å². The fraction of sp³-hybridized carbons (Fsp3) is 0.714. The second kappa shape index (κ2) is 2.08. The third kappa shape index (κ3) is 0.664. The van der Waals surface area contributed by atoms with Crippen molar-refractivity contribution in [3.63, 3.8) is 0 Å². The summed E-state index contributed by atoms with van der Waals surface area (Å²) in [4.78, 5) is 15.4. The molecule has 54 valence electrons. The van der Waals surface area contributed by atoms with Gasteiger partial charge in [-0.3, -0.25) is 4.79 Å². The molecular formula is C7H9NO2. The Labute approximate surface area is 59.0 Å². The number of nitrogens with zero attached hydrogens (tertiary/aromatic N) is 1. The summed E-state index contributed by atoms with van der Waals surface area (Å²) >= 11 is 0. The zero-order chi connectivity index (χ0) is 6.97. The molecule has 0 unspecified atom stereocenters. The molecule has 0 radical (unpaired) electrons. The Kier molecular flexibility index (Phi) is 1.22. The van der Waals surface area contributed by atoms with Crippen LogP contribution in [0.25, 0.3) is 0 Å². The molecular weight excluding hydrogens is 130 g/mol. The molecule has 1 saturated carbocycles. The van der Waals surface area contributed by atoms with Gasteiger partial charge in [-0.15, -0.1) is 0 Å². The van der Waals surface area contributed by atoms with Crippen LogP contribution in [0.5, 0.6) is 0 Å². The van der Waals surface area contributed by atoms with Crippen molar-refractivity contribution in [3.8, 4) is 0 Å². The van der Waals surface area contributed by atoms with Crippen molar-refractivity contribution in [2.45, 2.75) is 25.4 Å². The van der Waals surface area contributed by atoms with Crippen LogP contribution >= 0.6 is 0 Å². The van der Waals surface area contributed by atoms with E-state index in [2.05, 4.69) is 5.16 Å². The van der Waals surface area contributed by atoms with Crippen LogP contribution in [-0.2, 0) is 9.63 Å². The number of carbonyl (C=O) groups is 1. The highest BCUT2D eigenvalue weighted by atomic mass is 16.6. The van der Waals surface area contributed by atoms with Crippen LogP contribution in [0.15, 0.2) is 5.16 Å². The SMILES string of the molecule is O=CC1=NO[C@@H]2CCC[C@H]12. The van der Waals surface area contributed by atoms with E-state index in [1.165, 1.54) is 6.42 Å². The summed E-state index contributed by atoms with van der Waals surface area (Å²) in [6.45, 7) is 0. The van der Waals surface area contributed by atoms with Crippen LogP contribution in [0.2, 0.25) is 0 Å². The van der Waals surface area contributed by atoms with E-state index < -0.39 is 0 Å². The van der Waals surface area contributed by atoms with Gasteiger partial charge in [-0.2, -0.15) is 0 Å². The van der Waals surface area contributed by atoms with Gasteiger partial charge in [0.05, 0.1) is 0 Å². The summed E-state index contributed by atoms with van der Waals surface area (Å²) in [5.74, 6) is 0.317. The zero-order valence-electron chi connectivity index (χ0n) is 5.62. The second-order valence-electron chi connectivity index (χ2n) is 2.82. The molecule has 10 heavy (non-hydrogen) atoms. The van der Waals surface area contributed by atoms with E-state index in [1.54, 1.807) is 0 Å². The largest absolute Gasteiger partial charge is 0.391 e. The molecule has 0 N–H and O–H groups in total. The molecule has 0 saturated heterocycles. The van der Waals surface area contributed by atoms with Crippen LogP contribution in [0.3, 0.4) is 0 Å². The van der Waals surface area contributed by atoms with Crippen molar-refractivity contribution in [2.75, 3.05) is 0 Å². The van der Waals surface area contributed by atoms with Crippen LogP contribution in [0.1, 0.15) is 19.3 Å². The summed E-state index contributed by atoms with van der Waals surface area (Å²) in [6, 6.07) is 0. The second-order valence-corrected chi connectivity index (χ2v) is 2.82. The summed E-state index contributed by atoms with van der Waals surface area (Å²) in [5, 5.41) is 3.69. The molecule has 0 aromatic rings. The highest BCUT2D eigenvalue weighted by Gasteiger charge is 2.37. The minimum atomic E-state index is 0.222. The quantitative estimate of drug-likeness (QED) is 0.502. The molecule has 0 aromatic carbocycles. The first-order chi connectivity index (χ1) is 4.92. The van der Waals surface area contributed by atoms with E-state index in [0.717, 1.165) is 19.1 Å². The standard InChI is InChI=1S/C7H9NO2/c9-4-6-5-2-1-3-7(5)10-8-6/h4-5,7H,1-3H2/t5-,7-/m1/s1. The molecule has 1 aliphatic heterocycles. The summed E-state index contributed by atoms with van der Waals surface area (Å²) in [5.41, 5.74) is 0.613. The number of hydrogen-bond donors (Lipinski definition) is 0. The van der Waals surface area contributed by atoms with Gasteiger partial charge in [-0.25, -0.2) is 0 Å². The molecule has 0 aromatic heterocycles. The number of fused-ring (bicyclic) bond motifs is 1.